The summed E-state index contributed by atoms with van der Waals surface area (Å²) < 4.78 is 33.2. The number of aromatic nitrogens is 2. The molecule has 2 atom stereocenters. The maximum atomic E-state index is 11.9. The van der Waals surface area contributed by atoms with Crippen molar-refractivity contribution >= 4 is 26.5 Å². The van der Waals surface area contributed by atoms with Crippen LogP contribution in [0.3, 0.4) is 0 Å². The minimum Gasteiger partial charge on any atom is -0.374 e. The minimum atomic E-state index is -2.96. The number of anilines is 1. The smallest absolute Gasteiger partial charge is 0.205 e. The molecule has 2 heterocycles. The van der Waals surface area contributed by atoms with Gasteiger partial charge >= 0.3 is 0 Å². The van der Waals surface area contributed by atoms with Crippen LogP contribution in [0.5, 0.6) is 0 Å². The van der Waals surface area contributed by atoms with Crippen LogP contribution in [0.25, 0.3) is 0 Å². The summed E-state index contributed by atoms with van der Waals surface area (Å²) in [6.45, 7) is 4.86. The average Bonchev–Trinajstić information content (AvgIpc) is 2.82. The van der Waals surface area contributed by atoms with Gasteiger partial charge in [-0.25, -0.2) is 13.4 Å². The summed E-state index contributed by atoms with van der Waals surface area (Å²) in [5.41, 5.74) is 0. The summed E-state index contributed by atoms with van der Waals surface area (Å²) in [5.74, 6) is 0.839. The Balaban J connectivity index is 2.12. The molecule has 19 heavy (non-hydrogen) atoms. The van der Waals surface area contributed by atoms with Crippen molar-refractivity contribution in [3.8, 4) is 0 Å². The molecule has 0 N–H and O–H groups in total. The van der Waals surface area contributed by atoms with Crippen LogP contribution in [0.1, 0.15) is 32.2 Å². The van der Waals surface area contributed by atoms with Crippen LogP contribution < -0.4 is 4.90 Å². The molecule has 8 heteroatoms. The fraction of sp³-hybridized carbons (Fsp3) is 0.818. The predicted octanol–water partition coefficient (Wildman–Crippen LogP) is 1.26. The number of nitrogens with zero attached hydrogens (tertiary/aromatic N) is 3. The Morgan fingerprint density at radius 1 is 1.47 bits per heavy atom. The summed E-state index contributed by atoms with van der Waals surface area (Å²) in [5, 5.41) is 0.506. The quantitative estimate of drug-likeness (QED) is 0.837. The van der Waals surface area contributed by atoms with Gasteiger partial charge in [-0.15, -0.1) is 0 Å². The van der Waals surface area contributed by atoms with Crippen molar-refractivity contribution in [3.05, 3.63) is 5.82 Å². The molecule has 1 aliphatic rings. The molecule has 0 amide bonds. The van der Waals surface area contributed by atoms with Crippen molar-refractivity contribution in [1.29, 1.82) is 0 Å². The summed E-state index contributed by atoms with van der Waals surface area (Å²) in [7, 11) is -1.35. The topological polar surface area (TPSA) is 72.4 Å². The van der Waals surface area contributed by atoms with Gasteiger partial charge in [-0.3, -0.25) is 0 Å². The fourth-order valence-corrected chi connectivity index (χ4v) is 4.02. The molecule has 0 aromatic carbocycles. The van der Waals surface area contributed by atoms with E-state index in [9.17, 15) is 8.42 Å². The Morgan fingerprint density at radius 3 is 2.89 bits per heavy atom. The number of rotatable bonds is 3. The van der Waals surface area contributed by atoms with Crippen LogP contribution in [-0.4, -0.2) is 49.0 Å². The molecular formula is C11H19N3O3S2. The fourth-order valence-electron chi connectivity index (χ4n) is 1.88. The van der Waals surface area contributed by atoms with Gasteiger partial charge in [-0.2, -0.15) is 4.37 Å². The van der Waals surface area contributed by atoms with E-state index in [1.807, 2.05) is 11.8 Å². The van der Waals surface area contributed by atoms with Crippen molar-refractivity contribution < 1.29 is 13.2 Å². The van der Waals surface area contributed by atoms with E-state index in [1.165, 1.54) is 11.5 Å². The van der Waals surface area contributed by atoms with E-state index >= 15 is 0 Å². The normalized spacial score (nSPS) is 25.0. The Bertz CT molecular complexity index is 529. The lowest BCUT2D eigenvalue weighted by Gasteiger charge is -2.17. The number of hydrogen-bond acceptors (Lipinski definition) is 7. The lowest BCUT2D eigenvalue weighted by molar-refractivity contribution is 0.113. The zero-order valence-electron chi connectivity index (χ0n) is 11.4. The van der Waals surface area contributed by atoms with Crippen molar-refractivity contribution in [3.63, 3.8) is 0 Å². The van der Waals surface area contributed by atoms with Gasteiger partial charge in [0, 0.05) is 31.7 Å². The number of sulfone groups is 1. The molecule has 1 aromatic heterocycles. The lowest BCUT2D eigenvalue weighted by atomic mass is 10.3. The second-order valence-electron chi connectivity index (χ2n) is 4.77. The van der Waals surface area contributed by atoms with Crippen molar-refractivity contribution in [2.24, 2.45) is 0 Å². The Morgan fingerprint density at radius 2 is 2.21 bits per heavy atom. The molecule has 2 rings (SSSR count). The molecule has 2 unspecified atom stereocenters. The standard InChI is InChI=1S/C11H19N3O3S2/c1-8-4-5-14(6-7-19(8,15)16)11-12-10(13-18-11)9(2)17-3/h8-9H,4-7H2,1-3H3. The third kappa shape index (κ3) is 3.24. The third-order valence-corrected chi connectivity index (χ3v) is 6.49. The molecule has 0 aliphatic carbocycles. The minimum absolute atomic E-state index is 0.139. The number of hydrogen-bond donors (Lipinski definition) is 0. The first-order valence-corrected chi connectivity index (χ1v) is 8.76. The summed E-state index contributed by atoms with van der Waals surface area (Å²) >= 11 is 1.30. The molecule has 108 valence electrons. The maximum absolute atomic E-state index is 11.9. The van der Waals surface area contributed by atoms with Crippen molar-refractivity contribution in [2.75, 3.05) is 30.9 Å². The monoisotopic (exact) mass is 305 g/mol. The highest BCUT2D eigenvalue weighted by molar-refractivity contribution is 7.92. The third-order valence-electron chi connectivity index (χ3n) is 3.48. The molecule has 1 saturated heterocycles. The maximum Gasteiger partial charge on any atom is 0.205 e. The zero-order valence-corrected chi connectivity index (χ0v) is 13.0. The van der Waals surface area contributed by atoms with Crippen LogP contribution >= 0.6 is 11.5 Å². The van der Waals surface area contributed by atoms with Gasteiger partial charge in [0.2, 0.25) is 5.13 Å². The molecule has 0 radical (unpaired) electrons. The van der Waals surface area contributed by atoms with Crippen LogP contribution in [0, 0.1) is 0 Å². The Labute approximate surface area is 117 Å². The van der Waals surface area contributed by atoms with E-state index in [2.05, 4.69) is 9.36 Å². The Hall–Kier alpha value is -0.730. The second kappa shape index (κ2) is 5.72. The molecule has 0 bridgehead atoms. The van der Waals surface area contributed by atoms with Gasteiger partial charge in [0.1, 0.15) is 6.10 Å². The van der Waals surface area contributed by atoms with Crippen LogP contribution in [-0.2, 0) is 14.6 Å². The van der Waals surface area contributed by atoms with Gasteiger partial charge in [-0.05, 0) is 20.3 Å². The summed E-state index contributed by atoms with van der Waals surface area (Å²) in [6.07, 6.45) is 0.497. The molecule has 0 saturated carbocycles. The highest BCUT2D eigenvalue weighted by Gasteiger charge is 2.27. The van der Waals surface area contributed by atoms with E-state index in [0.717, 1.165) is 5.13 Å². The van der Waals surface area contributed by atoms with E-state index in [1.54, 1.807) is 14.0 Å². The number of methoxy groups -OCH3 is 1. The van der Waals surface area contributed by atoms with Gasteiger partial charge in [0.25, 0.3) is 0 Å². The first-order valence-electron chi connectivity index (χ1n) is 6.27. The molecule has 0 spiro atoms. The van der Waals surface area contributed by atoms with Crippen LogP contribution in [0.4, 0.5) is 5.13 Å². The molecule has 6 nitrogen and oxygen atoms in total. The van der Waals surface area contributed by atoms with E-state index < -0.39 is 9.84 Å². The second-order valence-corrected chi connectivity index (χ2v) is 8.04. The molecule has 1 aromatic rings. The highest BCUT2D eigenvalue weighted by atomic mass is 32.2. The zero-order chi connectivity index (χ0) is 14.0. The SMILES string of the molecule is COC(C)c1nsc(N2CCC(C)S(=O)(=O)CC2)n1. The molecule has 1 aliphatic heterocycles. The van der Waals surface area contributed by atoms with Gasteiger partial charge < -0.3 is 9.64 Å². The van der Waals surface area contributed by atoms with Gasteiger partial charge in [-0.1, -0.05) is 0 Å². The van der Waals surface area contributed by atoms with Gasteiger partial charge in [0.15, 0.2) is 15.7 Å². The van der Waals surface area contributed by atoms with E-state index in [0.29, 0.717) is 25.3 Å². The van der Waals surface area contributed by atoms with Gasteiger partial charge in [0.05, 0.1) is 11.0 Å². The molecule has 1 fully saturated rings. The molecular weight excluding hydrogens is 286 g/mol. The highest BCUT2D eigenvalue weighted by Crippen LogP contribution is 2.24. The lowest BCUT2D eigenvalue weighted by Crippen LogP contribution is -2.26. The van der Waals surface area contributed by atoms with E-state index in [4.69, 9.17) is 4.74 Å². The van der Waals surface area contributed by atoms with Crippen molar-refractivity contribution in [2.45, 2.75) is 31.6 Å². The first kappa shape index (κ1) is 14.7. The Kier molecular flexibility index (Phi) is 4.42. The largest absolute Gasteiger partial charge is 0.374 e. The van der Waals surface area contributed by atoms with Crippen LogP contribution in [0.15, 0.2) is 0 Å². The predicted molar refractivity (Wildman–Crippen MR) is 75.4 cm³/mol. The summed E-state index contributed by atoms with van der Waals surface area (Å²) in [4.78, 5) is 6.44. The first-order chi connectivity index (χ1) is 8.94. The summed E-state index contributed by atoms with van der Waals surface area (Å²) in [6, 6.07) is 0. The van der Waals surface area contributed by atoms with Crippen LogP contribution in [0.2, 0.25) is 0 Å². The van der Waals surface area contributed by atoms with Crippen molar-refractivity contribution in [1.82, 2.24) is 9.36 Å². The van der Waals surface area contributed by atoms with E-state index in [-0.39, 0.29) is 17.1 Å². The number of ether oxygens (including phenoxy) is 1. The average molecular weight is 305 g/mol.